The predicted molar refractivity (Wildman–Crippen MR) is 196 cm³/mol. The van der Waals surface area contributed by atoms with Gasteiger partial charge in [0.15, 0.2) is 0 Å². The normalized spacial score (nSPS) is 11.2. The molecule has 0 amide bonds. The monoisotopic (exact) mass is 805 g/mol. The molecule has 8 rings (SSSR count). The van der Waals surface area contributed by atoms with Gasteiger partial charge in [0, 0.05) is 37.2 Å². The summed E-state index contributed by atoms with van der Waals surface area (Å²) in [4.78, 5) is 9.26. The van der Waals surface area contributed by atoms with Gasteiger partial charge in [0.05, 0.1) is 8.07 Å². The standard InChI is InChI=1S/C27H16NS.C14H16NSi.Ir/c1-2-7-18(8-3-1)20-13-14-22-23-11-6-12-24(27(23)29-26(22)16-20)25-15-19-9-4-5-10-21(19)17-28-25;1-16(2,3)13-9-10-14(15-11-13)12-7-5-4-6-8-12;/h1-11,13-17H;4-7,9-11H,1-3H3;/q2*-1;. The van der Waals surface area contributed by atoms with Crippen molar-refractivity contribution in [3.63, 3.8) is 0 Å². The van der Waals surface area contributed by atoms with E-state index in [2.05, 4.69) is 128 Å². The molecule has 3 heterocycles. The Morgan fingerprint density at radius 3 is 2.09 bits per heavy atom. The topological polar surface area (TPSA) is 25.8 Å². The Balaban J connectivity index is 0.000000187. The van der Waals surface area contributed by atoms with Crippen molar-refractivity contribution in [3.8, 4) is 33.6 Å². The van der Waals surface area contributed by atoms with E-state index in [1.807, 2.05) is 60.1 Å². The molecule has 5 aromatic carbocycles. The molecule has 0 bridgehead atoms. The Morgan fingerprint density at radius 1 is 0.587 bits per heavy atom. The van der Waals surface area contributed by atoms with E-state index in [0.717, 1.165) is 27.9 Å². The van der Waals surface area contributed by atoms with Crippen molar-refractivity contribution in [2.75, 3.05) is 0 Å². The van der Waals surface area contributed by atoms with Gasteiger partial charge in [-0.1, -0.05) is 110 Å². The Kier molecular flexibility index (Phi) is 9.39. The fourth-order valence-corrected chi connectivity index (χ4v) is 7.79. The van der Waals surface area contributed by atoms with E-state index < -0.39 is 8.07 Å². The molecule has 0 N–H and O–H groups in total. The van der Waals surface area contributed by atoms with Crippen molar-refractivity contribution >= 4 is 55.5 Å². The number of pyridine rings is 2. The third-order valence-corrected chi connectivity index (χ3v) is 11.3. The number of hydrogen-bond donors (Lipinski definition) is 0. The van der Waals surface area contributed by atoms with E-state index in [1.165, 1.54) is 41.9 Å². The van der Waals surface area contributed by atoms with Crippen LogP contribution in [0.3, 0.4) is 0 Å². The molecule has 0 saturated carbocycles. The molecule has 1 radical (unpaired) electrons. The average molecular weight is 805 g/mol. The minimum absolute atomic E-state index is 0. The van der Waals surface area contributed by atoms with Crippen molar-refractivity contribution < 1.29 is 20.1 Å². The minimum atomic E-state index is -1.23. The summed E-state index contributed by atoms with van der Waals surface area (Å²) in [7, 11) is -1.23. The van der Waals surface area contributed by atoms with E-state index in [0.29, 0.717) is 0 Å². The van der Waals surface area contributed by atoms with Crippen LogP contribution in [0.2, 0.25) is 19.6 Å². The van der Waals surface area contributed by atoms with Gasteiger partial charge >= 0.3 is 0 Å². The maximum absolute atomic E-state index is 4.74. The molecule has 0 spiro atoms. The van der Waals surface area contributed by atoms with E-state index in [-0.39, 0.29) is 20.1 Å². The number of aromatic nitrogens is 2. The molecule has 5 heteroatoms. The SMILES string of the molecule is C[Si](C)(C)c1ccc(-c2[c-]cccc2)nc1.[Ir].[c-]1ccc2c(sc3cc(-c4ccccc4)ccc32)c1-c1cc2ccccc2cn1. The molecule has 0 aliphatic carbocycles. The van der Waals surface area contributed by atoms with Crippen LogP contribution in [0.1, 0.15) is 0 Å². The van der Waals surface area contributed by atoms with Gasteiger partial charge in [0.2, 0.25) is 0 Å². The predicted octanol–water partition coefficient (Wildman–Crippen LogP) is 10.8. The van der Waals surface area contributed by atoms with E-state index >= 15 is 0 Å². The second kappa shape index (κ2) is 13.6. The first-order valence-corrected chi connectivity index (χ1v) is 19.5. The van der Waals surface area contributed by atoms with Crippen LogP contribution in [-0.4, -0.2) is 18.0 Å². The molecule has 227 valence electrons. The van der Waals surface area contributed by atoms with Crippen molar-refractivity contribution in [3.05, 3.63) is 152 Å². The summed E-state index contributed by atoms with van der Waals surface area (Å²) in [6.45, 7) is 7.00. The first-order chi connectivity index (χ1) is 21.9. The van der Waals surface area contributed by atoms with Crippen molar-refractivity contribution in [2.24, 2.45) is 0 Å². The van der Waals surface area contributed by atoms with Gasteiger partial charge in [-0.2, -0.15) is 11.3 Å². The van der Waals surface area contributed by atoms with Crippen molar-refractivity contribution in [2.45, 2.75) is 19.6 Å². The third kappa shape index (κ3) is 6.65. The van der Waals surface area contributed by atoms with Gasteiger partial charge < -0.3 is 9.97 Å². The number of thiophene rings is 1. The van der Waals surface area contributed by atoms with Crippen LogP contribution in [0.15, 0.2) is 140 Å². The molecule has 0 aliphatic rings. The maximum Gasteiger partial charge on any atom is 0.0795 e. The third-order valence-electron chi connectivity index (χ3n) is 8.04. The zero-order chi connectivity index (χ0) is 30.8. The Morgan fingerprint density at radius 2 is 1.35 bits per heavy atom. The first kappa shape index (κ1) is 31.7. The van der Waals surface area contributed by atoms with Gasteiger partial charge in [0.25, 0.3) is 0 Å². The smallest absolute Gasteiger partial charge is 0.0795 e. The quantitative estimate of drug-likeness (QED) is 0.131. The van der Waals surface area contributed by atoms with E-state index in [1.54, 1.807) is 0 Å². The number of fused-ring (bicyclic) bond motifs is 4. The largest absolute Gasteiger partial charge is 0.305 e. The number of hydrogen-bond acceptors (Lipinski definition) is 3. The van der Waals surface area contributed by atoms with Gasteiger partial charge in [-0.05, 0) is 54.6 Å². The van der Waals surface area contributed by atoms with Crippen LogP contribution in [0.25, 0.3) is 64.6 Å². The molecule has 2 nitrogen and oxygen atoms in total. The van der Waals surface area contributed by atoms with Crippen LogP contribution in [0.5, 0.6) is 0 Å². The molecule has 46 heavy (non-hydrogen) atoms. The summed E-state index contributed by atoms with van der Waals surface area (Å²) < 4.78 is 2.54. The number of nitrogens with zero attached hydrogens (tertiary/aromatic N) is 2. The van der Waals surface area contributed by atoms with Crippen molar-refractivity contribution in [1.82, 2.24) is 9.97 Å². The fourth-order valence-electron chi connectivity index (χ4n) is 5.51. The average Bonchev–Trinajstić information content (AvgIpc) is 3.47. The summed E-state index contributed by atoms with van der Waals surface area (Å²) in [6.07, 6.45) is 3.97. The van der Waals surface area contributed by atoms with Crippen LogP contribution in [0, 0.1) is 12.1 Å². The summed E-state index contributed by atoms with van der Waals surface area (Å²) >= 11 is 1.83. The van der Waals surface area contributed by atoms with Crippen LogP contribution >= 0.6 is 11.3 Å². The summed E-state index contributed by atoms with van der Waals surface area (Å²) in [6, 6.07) is 50.9. The Bertz CT molecular complexity index is 2240. The fraction of sp³-hybridized carbons (Fsp3) is 0.0732. The molecule has 0 saturated heterocycles. The zero-order valence-corrected chi connectivity index (χ0v) is 30.1. The zero-order valence-electron chi connectivity index (χ0n) is 25.9. The van der Waals surface area contributed by atoms with Crippen LogP contribution < -0.4 is 5.19 Å². The number of benzene rings is 5. The molecule has 0 aliphatic heterocycles. The number of rotatable bonds is 4. The molecular formula is C41H32IrN2SSi-2. The Labute approximate surface area is 289 Å². The van der Waals surface area contributed by atoms with Gasteiger partial charge in [-0.3, -0.25) is 0 Å². The van der Waals surface area contributed by atoms with Crippen LogP contribution in [-0.2, 0) is 20.1 Å². The molecular weight excluding hydrogens is 773 g/mol. The van der Waals surface area contributed by atoms with E-state index in [9.17, 15) is 0 Å². The maximum atomic E-state index is 4.74. The first-order valence-electron chi connectivity index (χ1n) is 15.2. The second-order valence-corrected chi connectivity index (χ2v) is 18.3. The summed E-state index contributed by atoms with van der Waals surface area (Å²) in [5, 5.41) is 6.32. The van der Waals surface area contributed by atoms with E-state index in [4.69, 9.17) is 4.98 Å². The molecule has 0 fully saturated rings. The molecule has 0 unspecified atom stereocenters. The van der Waals surface area contributed by atoms with Gasteiger partial charge in [-0.15, -0.1) is 59.7 Å². The minimum Gasteiger partial charge on any atom is -0.305 e. The molecule has 0 atom stereocenters. The van der Waals surface area contributed by atoms with Crippen molar-refractivity contribution in [1.29, 1.82) is 0 Å². The summed E-state index contributed by atoms with van der Waals surface area (Å²) in [5.74, 6) is 0. The second-order valence-electron chi connectivity index (χ2n) is 12.1. The van der Waals surface area contributed by atoms with Gasteiger partial charge in [-0.25, -0.2) is 0 Å². The molecule has 3 aromatic heterocycles. The van der Waals surface area contributed by atoms with Crippen LogP contribution in [0.4, 0.5) is 0 Å². The summed E-state index contributed by atoms with van der Waals surface area (Å²) in [5.41, 5.74) is 6.61. The Hall–Kier alpha value is -4.25. The van der Waals surface area contributed by atoms with Gasteiger partial charge in [0.1, 0.15) is 0 Å². The molecule has 8 aromatic rings.